The van der Waals surface area contributed by atoms with Crippen LogP contribution in [0.3, 0.4) is 0 Å². The average Bonchev–Trinajstić information content (AvgIpc) is 4.10. The number of H-pyrrole nitrogens is 1. The Labute approximate surface area is 428 Å². The van der Waals surface area contributed by atoms with Crippen LogP contribution in [0.5, 0.6) is 0 Å². The number of rotatable bonds is 23. The second kappa shape index (κ2) is 23.4. The molecule has 396 valence electrons. The Bertz CT molecular complexity index is 2900. The van der Waals surface area contributed by atoms with Crippen molar-refractivity contribution in [1.29, 1.82) is 5.26 Å². The van der Waals surface area contributed by atoms with Gasteiger partial charge in [0.25, 0.3) is 11.5 Å². The zero-order valence-electron chi connectivity index (χ0n) is 41.6. The number of carbonyl (C=O) groups is 1. The van der Waals surface area contributed by atoms with E-state index in [1.54, 1.807) is 41.8 Å². The predicted molar refractivity (Wildman–Crippen MR) is 270 cm³/mol. The first kappa shape index (κ1) is 56.5. The third-order valence-electron chi connectivity index (χ3n) is 13.1. The summed E-state index contributed by atoms with van der Waals surface area (Å²) in [6, 6.07) is 10.5. The number of nitrogens with one attached hydrogen (secondary N) is 2. The number of aliphatic hydroxyl groups is 1. The molecule has 7 rings (SSSR count). The number of anilines is 1. The molecule has 0 aliphatic carbocycles. The summed E-state index contributed by atoms with van der Waals surface area (Å²) >= 11 is 6.14. The molecule has 1 amide bonds. The summed E-state index contributed by atoms with van der Waals surface area (Å²) in [4.78, 5) is 68.3. The number of hydrogen-bond donors (Lipinski definition) is 5. The minimum Gasteiger partial charge on any atom is -0.414 e. The number of hydrogen-bond acceptors (Lipinski definition) is 19. The lowest BCUT2D eigenvalue weighted by Gasteiger charge is -2.47. The molecule has 2 aliphatic rings. The van der Waals surface area contributed by atoms with Crippen LogP contribution in [0.4, 0.5) is 10.2 Å². The Morgan fingerprint density at radius 3 is 2.29 bits per heavy atom. The molecule has 10 atom stereocenters. The van der Waals surface area contributed by atoms with Crippen molar-refractivity contribution >= 4 is 77.8 Å². The zero-order chi connectivity index (χ0) is 53.2. The van der Waals surface area contributed by atoms with Gasteiger partial charge in [-0.25, -0.2) is 24.3 Å². The van der Waals surface area contributed by atoms with E-state index in [1.807, 2.05) is 61.5 Å². The normalized spacial score (nSPS) is 23.8. The predicted octanol–water partition coefficient (Wildman–Crippen LogP) is 6.89. The topological polar surface area (TPSA) is 299 Å². The van der Waals surface area contributed by atoms with E-state index in [9.17, 15) is 34.2 Å². The summed E-state index contributed by atoms with van der Waals surface area (Å²) in [5.74, 6) is -1.97. The van der Waals surface area contributed by atoms with E-state index < -0.39 is 117 Å². The van der Waals surface area contributed by atoms with E-state index in [0.29, 0.717) is 5.56 Å². The van der Waals surface area contributed by atoms with Gasteiger partial charge in [0.1, 0.15) is 42.4 Å². The number of carbonyl (C=O) groups excluding carboxylic acids is 1. The first-order valence-corrected chi connectivity index (χ1v) is 31.3. The molecule has 0 bridgehead atoms. The number of fused-ring (bicyclic) bond motifs is 2. The molecular weight excluding hydrogens is 1050 g/mol. The first-order chi connectivity index (χ1) is 34.6. The van der Waals surface area contributed by atoms with Gasteiger partial charge < -0.3 is 51.8 Å². The molecule has 2 unspecified atom stereocenters. The number of ether oxygens (including phenoxy) is 2. The number of aliphatic hydroxyl groups excluding tert-OH is 1. The quantitative estimate of drug-likeness (QED) is 0.0253. The summed E-state index contributed by atoms with van der Waals surface area (Å²) in [6.07, 6.45) is -4.22. The summed E-state index contributed by atoms with van der Waals surface area (Å²) in [6.45, 7) is 11.2. The lowest BCUT2D eigenvalue weighted by Crippen LogP contribution is -2.62. The van der Waals surface area contributed by atoms with E-state index >= 15 is 4.39 Å². The van der Waals surface area contributed by atoms with Crippen molar-refractivity contribution in [2.45, 2.75) is 134 Å². The fourth-order valence-corrected chi connectivity index (χ4v) is 21.8. The van der Waals surface area contributed by atoms with E-state index in [1.165, 1.54) is 17.2 Å². The molecule has 5 aromatic rings. The van der Waals surface area contributed by atoms with Gasteiger partial charge in [0.2, 0.25) is 0 Å². The van der Waals surface area contributed by atoms with Crippen molar-refractivity contribution in [3.8, 4) is 6.07 Å². The van der Waals surface area contributed by atoms with Crippen LogP contribution in [0.15, 0.2) is 60.3 Å². The fourth-order valence-electron chi connectivity index (χ4n) is 9.26. The van der Waals surface area contributed by atoms with Crippen LogP contribution >= 0.6 is 15.0 Å². The molecule has 2 aliphatic heterocycles. The lowest BCUT2D eigenvalue weighted by molar-refractivity contribution is -0.0556. The van der Waals surface area contributed by atoms with Crippen molar-refractivity contribution in [2.24, 2.45) is 5.92 Å². The average molecular weight is 1110 g/mol. The monoisotopic (exact) mass is 1110 g/mol. The number of imidazole rings is 1. The highest BCUT2D eigenvalue weighted by Crippen LogP contribution is 2.57. The van der Waals surface area contributed by atoms with Crippen molar-refractivity contribution in [2.75, 3.05) is 25.1 Å². The second-order valence-corrected chi connectivity index (χ2v) is 31.3. The Hall–Kier alpha value is -4.18. The van der Waals surface area contributed by atoms with Crippen molar-refractivity contribution in [3.63, 3.8) is 0 Å². The minimum absolute atomic E-state index is 0.116. The summed E-state index contributed by atoms with van der Waals surface area (Å²) in [5.41, 5.74) is -1.29. The first-order valence-electron chi connectivity index (χ1n) is 23.7. The summed E-state index contributed by atoms with van der Waals surface area (Å²) < 4.78 is 83.3. The molecule has 6 heterocycles. The molecule has 73 heavy (non-hydrogen) atoms. The zero-order valence-corrected chi connectivity index (χ0v) is 46.2. The van der Waals surface area contributed by atoms with Gasteiger partial charge in [-0.1, -0.05) is 80.5 Å². The Balaban J connectivity index is 1.26. The molecule has 0 saturated carbocycles. The third-order valence-corrected chi connectivity index (χ3v) is 25.6. The molecule has 0 spiro atoms. The Morgan fingerprint density at radius 2 is 1.66 bits per heavy atom. The van der Waals surface area contributed by atoms with Crippen molar-refractivity contribution in [1.82, 2.24) is 34.1 Å². The smallest absolute Gasteiger partial charge is 0.414 e. The lowest BCUT2D eigenvalue weighted by atomic mass is 10.0. The molecule has 2 fully saturated rings. The number of halogens is 1. The molecule has 23 nitrogen and oxygen atoms in total. The number of benzene rings is 1. The molecule has 4 aromatic heterocycles. The van der Waals surface area contributed by atoms with Gasteiger partial charge in [-0.15, -0.1) is 9.42 Å². The number of amides is 1. The molecule has 2 saturated heterocycles. The highest BCUT2D eigenvalue weighted by Gasteiger charge is 2.60. The summed E-state index contributed by atoms with van der Waals surface area (Å²) in [5, 5.41) is 23.1. The van der Waals surface area contributed by atoms with Crippen LogP contribution in [-0.4, -0.2) is 122 Å². The van der Waals surface area contributed by atoms with Gasteiger partial charge in [-0.05, 0) is 46.1 Å². The van der Waals surface area contributed by atoms with Gasteiger partial charge in [-0.3, -0.25) is 18.7 Å². The largest absolute Gasteiger partial charge is 0.695 e. The van der Waals surface area contributed by atoms with Crippen LogP contribution in [0.1, 0.15) is 91.5 Å². The van der Waals surface area contributed by atoms with Gasteiger partial charge >= 0.3 is 32.1 Å². The second-order valence-electron chi connectivity index (χ2n) is 19.0. The Kier molecular flexibility index (Phi) is 18.1. The number of nitrogens with zero attached hydrogens (tertiary/aromatic N) is 7. The standard InChI is InChI=1S/C44H60FN9O14P2SSi2/c1-24(2)72(60,25(3)4)68-73(26(5)6,27(7)8)67-36-31(19-55)63-44(53-18-30(45)33-39(53)48-22-50-42(33)57)37(36)66-70(71,61-17-13-16-46)62-20-32-35(65-69(58)59)28(9)43(64-32)54-23-51-34-38(47-21-49-40(34)54)52-41(56)29-14-11-10-12-15-29/h10-12,14-15,18,21-28,31-32,35-37,43-44,55,60H,13,17,19-20H2,1-9H3,(H2-,47,48,49,50,52,56,57,58,59)/p+1/t28-,31-,32-,35+,36-,37-,43-,44-,70?/m1/s1. The van der Waals surface area contributed by atoms with Gasteiger partial charge in [0.15, 0.2) is 40.8 Å². The van der Waals surface area contributed by atoms with E-state index in [0.717, 1.165) is 12.5 Å². The van der Waals surface area contributed by atoms with Crippen molar-refractivity contribution < 1.29 is 64.7 Å². The van der Waals surface area contributed by atoms with Crippen LogP contribution in [0.25, 0.3) is 22.2 Å². The number of aromatic amines is 1. The van der Waals surface area contributed by atoms with Crippen LogP contribution in [-0.2, 0) is 52.5 Å². The maximum Gasteiger partial charge on any atom is 0.695 e. The van der Waals surface area contributed by atoms with Crippen LogP contribution < -0.4 is 10.9 Å². The molecular formula is C44H61FN9O14P2SSi2+. The maximum atomic E-state index is 15.8. The number of aromatic nitrogens is 7. The minimum atomic E-state index is -4.25. The fraction of sp³-hybridized carbons (Fsp3) is 0.568. The van der Waals surface area contributed by atoms with Crippen molar-refractivity contribution in [3.05, 3.63) is 77.2 Å². The molecule has 1 aromatic carbocycles. The maximum absolute atomic E-state index is 15.8. The number of nitriles is 1. The van der Waals surface area contributed by atoms with Gasteiger partial charge in [0, 0.05) is 22.2 Å². The van der Waals surface area contributed by atoms with E-state index in [4.69, 9.17) is 47.9 Å². The Morgan fingerprint density at radius 1 is 0.973 bits per heavy atom. The summed E-state index contributed by atoms with van der Waals surface area (Å²) in [7, 11) is -10.5. The molecule has 0 radical (unpaired) electrons. The van der Waals surface area contributed by atoms with E-state index in [2.05, 4.69) is 30.2 Å². The SMILES string of the molecule is CC(C)[Si](O)(O[Si](O[C@H]1[C@@H](OP(=S)(OCCC#N)OC[C@H]2O[C@@H](n3cnc4c(NC(=O)c5ccccc5)ncnc43)[C@H](C)[C@@H]2O[P+](=O)O)[C@H](n2cc(F)c3c(=O)[nH]cnc32)O[C@@H]1CO)(C(C)C)C(C)C)C(C)C. The molecule has 29 heteroatoms. The third kappa shape index (κ3) is 11.6. The van der Waals surface area contributed by atoms with Crippen LogP contribution in [0, 0.1) is 23.1 Å². The van der Waals surface area contributed by atoms with E-state index in [-0.39, 0.29) is 57.8 Å². The van der Waals surface area contributed by atoms with Gasteiger partial charge in [0.05, 0.1) is 45.0 Å². The highest BCUT2D eigenvalue weighted by atomic mass is 32.5. The highest BCUT2D eigenvalue weighted by molar-refractivity contribution is 8.07. The molecule has 5 N–H and O–H groups in total. The van der Waals surface area contributed by atoms with Crippen LogP contribution in [0.2, 0.25) is 22.2 Å². The van der Waals surface area contributed by atoms with Gasteiger partial charge in [-0.2, -0.15) is 5.26 Å².